The third-order valence-corrected chi connectivity index (χ3v) is 5.05. The number of hydrogen-bond acceptors (Lipinski definition) is 3. The lowest BCUT2D eigenvalue weighted by Gasteiger charge is -2.29. The van der Waals surface area contributed by atoms with Crippen LogP contribution in [0.1, 0.15) is 36.2 Å². The lowest BCUT2D eigenvalue weighted by molar-refractivity contribution is 0.0671. The average molecular weight is 406 g/mol. The number of amides is 1. The summed E-state index contributed by atoms with van der Waals surface area (Å²) in [4.78, 5) is 15.1. The Morgan fingerprint density at radius 1 is 1.12 bits per heavy atom. The number of hydrogen-bond donors (Lipinski definition) is 0. The zero-order valence-electron chi connectivity index (χ0n) is 15.1. The Morgan fingerprint density at radius 3 is 2.16 bits per heavy atom. The summed E-state index contributed by atoms with van der Waals surface area (Å²) in [5.74, 6) is 1.11. The minimum Gasteiger partial charge on any atom is -0.495 e. The van der Waals surface area contributed by atoms with Crippen LogP contribution < -0.4 is 9.47 Å². The largest absolute Gasteiger partial charge is 0.495 e. The van der Waals surface area contributed by atoms with Gasteiger partial charge in [0.1, 0.15) is 16.0 Å². The number of carbonyl (C=O) groups excluding carboxylic acids is 1. The number of ether oxygens (including phenoxy) is 2. The minimum absolute atomic E-state index is 0.0395. The zero-order valence-corrected chi connectivity index (χ0v) is 16.7. The van der Waals surface area contributed by atoms with Crippen LogP contribution in [-0.2, 0) is 6.54 Å². The maximum atomic E-state index is 13.2. The fraction of sp³-hybridized carbons (Fsp3) is 0.350. The SMILES string of the molecule is CC[C@H](C)N(Cc1ccccc1)C(=O)c1cc(OC)c(Br)c(OC)c1. The highest BCUT2D eigenvalue weighted by molar-refractivity contribution is 9.10. The normalized spacial score (nSPS) is 11.7. The molecule has 1 atom stereocenters. The smallest absolute Gasteiger partial charge is 0.254 e. The molecule has 5 heteroatoms. The minimum atomic E-state index is -0.0395. The van der Waals surface area contributed by atoms with Crippen molar-refractivity contribution in [1.82, 2.24) is 4.90 Å². The number of halogens is 1. The summed E-state index contributed by atoms with van der Waals surface area (Å²) in [5.41, 5.74) is 1.65. The Labute approximate surface area is 157 Å². The van der Waals surface area contributed by atoms with Crippen molar-refractivity contribution in [3.05, 3.63) is 58.1 Å². The Kier molecular flexibility index (Phi) is 6.88. The number of nitrogens with zero attached hydrogens (tertiary/aromatic N) is 1. The predicted octanol–water partition coefficient (Wildman–Crippen LogP) is 4.91. The molecule has 1 amide bonds. The van der Waals surface area contributed by atoms with Crippen molar-refractivity contribution >= 4 is 21.8 Å². The molecule has 2 aromatic rings. The zero-order chi connectivity index (χ0) is 18.4. The maximum absolute atomic E-state index is 13.2. The molecular formula is C20H24BrNO3. The van der Waals surface area contributed by atoms with Crippen LogP contribution in [0.5, 0.6) is 11.5 Å². The van der Waals surface area contributed by atoms with E-state index in [0.29, 0.717) is 28.1 Å². The summed E-state index contributed by atoms with van der Waals surface area (Å²) < 4.78 is 11.4. The van der Waals surface area contributed by atoms with E-state index >= 15 is 0 Å². The van der Waals surface area contributed by atoms with Gasteiger partial charge in [0, 0.05) is 18.2 Å². The highest BCUT2D eigenvalue weighted by Gasteiger charge is 2.23. The van der Waals surface area contributed by atoms with Gasteiger partial charge < -0.3 is 14.4 Å². The van der Waals surface area contributed by atoms with Crippen LogP contribution in [-0.4, -0.2) is 31.1 Å². The standard InChI is InChI=1S/C20H24BrNO3/c1-5-14(2)22(13-15-9-7-6-8-10-15)20(23)16-11-17(24-3)19(21)18(12-16)25-4/h6-12,14H,5,13H2,1-4H3/t14-/m0/s1. The van der Waals surface area contributed by atoms with Crippen molar-refractivity contribution < 1.29 is 14.3 Å². The van der Waals surface area contributed by atoms with Gasteiger partial charge in [-0.2, -0.15) is 0 Å². The van der Waals surface area contributed by atoms with E-state index in [1.54, 1.807) is 26.4 Å². The molecule has 134 valence electrons. The van der Waals surface area contributed by atoms with Gasteiger partial charge in [0.15, 0.2) is 0 Å². The van der Waals surface area contributed by atoms with Gasteiger partial charge in [-0.3, -0.25) is 4.79 Å². The van der Waals surface area contributed by atoms with Crippen molar-refractivity contribution in [3.8, 4) is 11.5 Å². The van der Waals surface area contributed by atoms with Gasteiger partial charge in [0.25, 0.3) is 5.91 Å². The predicted molar refractivity (Wildman–Crippen MR) is 103 cm³/mol. The second-order valence-electron chi connectivity index (χ2n) is 5.87. The van der Waals surface area contributed by atoms with E-state index in [4.69, 9.17) is 9.47 Å². The number of rotatable bonds is 7. The Morgan fingerprint density at radius 2 is 1.68 bits per heavy atom. The molecular weight excluding hydrogens is 382 g/mol. The van der Waals surface area contributed by atoms with Crippen LogP contribution in [0, 0.1) is 0 Å². The molecule has 25 heavy (non-hydrogen) atoms. The summed E-state index contributed by atoms with van der Waals surface area (Å²) in [7, 11) is 3.15. The summed E-state index contributed by atoms with van der Waals surface area (Å²) in [6, 6.07) is 13.6. The Balaban J connectivity index is 2.39. The van der Waals surface area contributed by atoms with Gasteiger partial charge in [-0.1, -0.05) is 37.3 Å². The van der Waals surface area contributed by atoms with Crippen molar-refractivity contribution in [3.63, 3.8) is 0 Å². The highest BCUT2D eigenvalue weighted by Crippen LogP contribution is 2.36. The molecule has 0 fully saturated rings. The average Bonchev–Trinajstić information content (AvgIpc) is 2.66. The van der Waals surface area contributed by atoms with Crippen LogP contribution in [0.2, 0.25) is 0 Å². The van der Waals surface area contributed by atoms with Gasteiger partial charge in [-0.15, -0.1) is 0 Å². The van der Waals surface area contributed by atoms with Crippen molar-refractivity contribution in [1.29, 1.82) is 0 Å². The van der Waals surface area contributed by atoms with Crippen LogP contribution in [0.4, 0.5) is 0 Å². The number of carbonyl (C=O) groups is 1. The van der Waals surface area contributed by atoms with E-state index < -0.39 is 0 Å². The van der Waals surface area contributed by atoms with Gasteiger partial charge in [-0.25, -0.2) is 0 Å². The van der Waals surface area contributed by atoms with E-state index in [2.05, 4.69) is 29.8 Å². The topological polar surface area (TPSA) is 38.8 Å². The molecule has 0 aliphatic heterocycles. The van der Waals surface area contributed by atoms with Crippen molar-refractivity contribution in [2.24, 2.45) is 0 Å². The first-order valence-corrected chi connectivity index (χ1v) is 9.07. The molecule has 0 heterocycles. The van der Waals surface area contributed by atoms with E-state index in [0.717, 1.165) is 12.0 Å². The fourth-order valence-corrected chi connectivity index (χ4v) is 3.14. The van der Waals surface area contributed by atoms with Gasteiger partial charge in [0.05, 0.1) is 14.2 Å². The summed E-state index contributed by atoms with van der Waals surface area (Å²) in [6.07, 6.45) is 0.878. The molecule has 0 spiro atoms. The third kappa shape index (κ3) is 4.54. The molecule has 0 bridgehead atoms. The molecule has 0 aliphatic rings. The van der Waals surface area contributed by atoms with Crippen molar-refractivity contribution in [2.45, 2.75) is 32.9 Å². The van der Waals surface area contributed by atoms with E-state index in [9.17, 15) is 4.79 Å². The first-order valence-electron chi connectivity index (χ1n) is 8.28. The lowest BCUT2D eigenvalue weighted by Crippen LogP contribution is -2.37. The van der Waals surface area contributed by atoms with Gasteiger partial charge >= 0.3 is 0 Å². The van der Waals surface area contributed by atoms with Crippen LogP contribution >= 0.6 is 15.9 Å². The molecule has 0 aliphatic carbocycles. The molecule has 2 aromatic carbocycles. The Hall–Kier alpha value is -2.01. The Bertz CT molecular complexity index is 693. The molecule has 0 saturated heterocycles. The first kappa shape index (κ1) is 19.3. The molecule has 0 aromatic heterocycles. The van der Waals surface area contributed by atoms with Crippen molar-refractivity contribution in [2.75, 3.05) is 14.2 Å². The molecule has 0 unspecified atom stereocenters. The van der Waals surface area contributed by atoms with E-state index in [-0.39, 0.29) is 11.9 Å². The number of methoxy groups -OCH3 is 2. The van der Waals surface area contributed by atoms with Crippen LogP contribution in [0.25, 0.3) is 0 Å². The van der Waals surface area contributed by atoms with Crippen LogP contribution in [0.3, 0.4) is 0 Å². The van der Waals surface area contributed by atoms with Crippen LogP contribution in [0.15, 0.2) is 46.9 Å². The van der Waals surface area contributed by atoms with E-state index in [1.165, 1.54) is 0 Å². The molecule has 0 radical (unpaired) electrons. The summed E-state index contributed by atoms with van der Waals surface area (Å²) >= 11 is 3.44. The second kappa shape index (κ2) is 8.90. The maximum Gasteiger partial charge on any atom is 0.254 e. The lowest BCUT2D eigenvalue weighted by atomic mass is 10.1. The third-order valence-electron chi connectivity index (χ3n) is 4.27. The fourth-order valence-electron chi connectivity index (χ4n) is 2.59. The molecule has 0 N–H and O–H groups in total. The second-order valence-corrected chi connectivity index (χ2v) is 6.66. The van der Waals surface area contributed by atoms with Gasteiger partial charge in [0.2, 0.25) is 0 Å². The summed E-state index contributed by atoms with van der Waals surface area (Å²) in [5, 5.41) is 0. The van der Waals surface area contributed by atoms with Gasteiger partial charge in [-0.05, 0) is 47.0 Å². The molecule has 0 saturated carbocycles. The number of benzene rings is 2. The van der Waals surface area contributed by atoms with E-state index in [1.807, 2.05) is 35.2 Å². The highest BCUT2D eigenvalue weighted by atomic mass is 79.9. The molecule has 4 nitrogen and oxygen atoms in total. The summed E-state index contributed by atoms with van der Waals surface area (Å²) in [6.45, 7) is 4.71. The first-order chi connectivity index (χ1) is 12.0. The monoisotopic (exact) mass is 405 g/mol. The quantitative estimate of drug-likeness (QED) is 0.656. The molecule has 2 rings (SSSR count).